The lowest BCUT2D eigenvalue weighted by Gasteiger charge is -2.09. The monoisotopic (exact) mass is 461 g/mol. The van der Waals surface area contributed by atoms with Gasteiger partial charge in [-0.05, 0) is 46.4 Å². The average molecular weight is 461 g/mol. The highest BCUT2D eigenvalue weighted by molar-refractivity contribution is 14.1. The number of aromatic nitrogens is 4. The molecule has 3 rings (SSSR count). The Morgan fingerprint density at radius 2 is 2.12 bits per heavy atom. The minimum absolute atomic E-state index is 0.161. The number of hydrogen-bond donors (Lipinski definition) is 3. The molecule has 0 aliphatic heterocycles. The minimum Gasteiger partial charge on any atom is -0.508 e. The third-order valence-corrected chi connectivity index (χ3v) is 3.97. The summed E-state index contributed by atoms with van der Waals surface area (Å²) in [6.07, 6.45) is 2.33. The van der Waals surface area contributed by atoms with Crippen LogP contribution in [0.15, 0.2) is 24.5 Å². The highest BCUT2D eigenvalue weighted by atomic mass is 127. The summed E-state index contributed by atoms with van der Waals surface area (Å²) >= 11 is 2.10. The maximum Gasteiger partial charge on any atom is 0.337 e. The van der Waals surface area contributed by atoms with Gasteiger partial charge in [-0.25, -0.2) is 4.98 Å². The highest BCUT2D eigenvalue weighted by Crippen LogP contribution is 2.22. The molecule has 0 atom stereocenters. The van der Waals surface area contributed by atoms with Gasteiger partial charge in [0.1, 0.15) is 11.3 Å². The second-order valence-electron chi connectivity index (χ2n) is 4.91. The number of halogens is 1. The summed E-state index contributed by atoms with van der Waals surface area (Å²) in [5.74, 6) is 0.503. The van der Waals surface area contributed by atoms with Crippen molar-refractivity contribution in [3.05, 3.63) is 33.7 Å². The number of nitrogens with zero attached hydrogens (tertiary/aromatic N) is 3. The number of aromatic hydroxyl groups is 1. The summed E-state index contributed by atoms with van der Waals surface area (Å²) in [6, 6.07) is 4.84. The molecule has 0 saturated carbocycles. The van der Waals surface area contributed by atoms with Crippen molar-refractivity contribution in [3.8, 4) is 11.8 Å². The number of fused-ring (bicyclic) bond motifs is 1. The Hall–Kier alpha value is -2.15. The van der Waals surface area contributed by atoms with Crippen molar-refractivity contribution in [2.45, 2.75) is 6.54 Å². The molecular weight excluding hydrogens is 449 g/mol. The Morgan fingerprint density at radius 1 is 1.33 bits per heavy atom. The van der Waals surface area contributed by atoms with Crippen LogP contribution >= 0.6 is 22.6 Å². The number of rotatable bonds is 5. The van der Waals surface area contributed by atoms with Crippen LogP contribution < -0.4 is 9.50 Å². The van der Waals surface area contributed by atoms with Crippen LogP contribution in [-0.2, 0) is 16.7 Å². The molecule has 3 aromatic rings. The third-order valence-electron chi connectivity index (χ3n) is 2.89. The van der Waals surface area contributed by atoms with Gasteiger partial charge in [0.25, 0.3) is 0 Å². The van der Waals surface area contributed by atoms with E-state index in [1.165, 1.54) is 6.33 Å². The average Bonchev–Trinajstić information content (AvgIpc) is 2.90. The van der Waals surface area contributed by atoms with Crippen LogP contribution in [0.3, 0.4) is 0 Å². The van der Waals surface area contributed by atoms with Crippen molar-refractivity contribution < 1.29 is 17.7 Å². The Labute approximate surface area is 150 Å². The maximum absolute atomic E-state index is 11.3. The summed E-state index contributed by atoms with van der Waals surface area (Å²) in [5, 5.41) is 12.7. The molecule has 0 unspecified atom stereocenters. The Kier molecular flexibility index (Phi) is 4.45. The standard InChI is InChI=1S/C13H12IN5O4S/c1-24(21,22)23-13-18-11(10-12(19-13)17-6-16-10)15-5-7-2-8(14)4-9(20)3-7/h2-4,6,20H,5H2,1H3,(H2,15,16,17,18,19). The molecule has 2 aromatic heterocycles. The van der Waals surface area contributed by atoms with E-state index in [0.717, 1.165) is 15.4 Å². The van der Waals surface area contributed by atoms with Crippen LogP contribution in [0.5, 0.6) is 11.8 Å². The predicted molar refractivity (Wildman–Crippen MR) is 95.3 cm³/mol. The van der Waals surface area contributed by atoms with Crippen molar-refractivity contribution in [1.82, 2.24) is 19.9 Å². The van der Waals surface area contributed by atoms with Gasteiger partial charge >= 0.3 is 16.1 Å². The van der Waals surface area contributed by atoms with Crippen LogP contribution in [-0.4, -0.2) is 39.7 Å². The van der Waals surface area contributed by atoms with E-state index in [9.17, 15) is 13.5 Å². The first kappa shape index (κ1) is 16.7. The van der Waals surface area contributed by atoms with Crippen LogP contribution in [0.25, 0.3) is 11.2 Å². The minimum atomic E-state index is -3.75. The topological polar surface area (TPSA) is 130 Å². The van der Waals surface area contributed by atoms with Crippen LogP contribution in [0.4, 0.5) is 5.82 Å². The van der Waals surface area contributed by atoms with E-state index in [-0.39, 0.29) is 17.4 Å². The number of benzene rings is 1. The quantitative estimate of drug-likeness (QED) is 0.386. The van der Waals surface area contributed by atoms with E-state index in [1.54, 1.807) is 12.1 Å². The Balaban J connectivity index is 1.91. The number of aromatic amines is 1. The zero-order chi connectivity index (χ0) is 17.3. The van der Waals surface area contributed by atoms with Gasteiger partial charge in [0.2, 0.25) is 0 Å². The number of imidazole rings is 1. The lowest BCUT2D eigenvalue weighted by molar-refractivity contribution is 0.471. The molecule has 0 aliphatic carbocycles. The van der Waals surface area contributed by atoms with E-state index in [0.29, 0.717) is 17.9 Å². The van der Waals surface area contributed by atoms with Gasteiger partial charge < -0.3 is 19.6 Å². The number of anilines is 1. The number of phenols is 1. The van der Waals surface area contributed by atoms with Gasteiger partial charge in [0.05, 0.1) is 12.6 Å². The van der Waals surface area contributed by atoms with Crippen LogP contribution in [0.1, 0.15) is 5.56 Å². The molecule has 0 aliphatic rings. The molecule has 2 heterocycles. The molecule has 3 N–H and O–H groups in total. The number of nitrogens with one attached hydrogen (secondary N) is 2. The molecule has 1 aromatic carbocycles. The highest BCUT2D eigenvalue weighted by Gasteiger charge is 2.14. The lowest BCUT2D eigenvalue weighted by atomic mass is 10.2. The molecule has 0 spiro atoms. The fraction of sp³-hybridized carbons (Fsp3) is 0.154. The fourth-order valence-electron chi connectivity index (χ4n) is 2.03. The Morgan fingerprint density at radius 3 is 2.83 bits per heavy atom. The number of H-pyrrole nitrogens is 1. The molecule has 0 fully saturated rings. The summed E-state index contributed by atoms with van der Waals surface area (Å²) in [4.78, 5) is 14.9. The molecule has 11 heteroatoms. The van der Waals surface area contributed by atoms with Crippen molar-refractivity contribution in [3.63, 3.8) is 0 Å². The lowest BCUT2D eigenvalue weighted by Crippen LogP contribution is -2.10. The van der Waals surface area contributed by atoms with Crippen molar-refractivity contribution >= 4 is 49.7 Å². The smallest absolute Gasteiger partial charge is 0.337 e. The molecule has 0 saturated heterocycles. The molecule has 24 heavy (non-hydrogen) atoms. The van der Waals surface area contributed by atoms with Crippen LogP contribution in [0.2, 0.25) is 0 Å². The maximum atomic E-state index is 11.3. The van der Waals surface area contributed by atoms with E-state index in [4.69, 9.17) is 4.18 Å². The largest absolute Gasteiger partial charge is 0.508 e. The van der Waals surface area contributed by atoms with Gasteiger partial charge in [0.15, 0.2) is 11.5 Å². The summed E-state index contributed by atoms with van der Waals surface area (Å²) < 4.78 is 28.1. The van der Waals surface area contributed by atoms with E-state index in [1.807, 2.05) is 6.07 Å². The Bertz CT molecular complexity index is 985. The SMILES string of the molecule is CS(=O)(=O)Oc1nc(NCc2cc(O)cc(I)c2)c2[nH]cnc2n1. The van der Waals surface area contributed by atoms with Gasteiger partial charge in [-0.2, -0.15) is 18.4 Å². The number of hydrogen-bond acceptors (Lipinski definition) is 8. The molecular formula is C13H12IN5O4S. The summed E-state index contributed by atoms with van der Waals surface area (Å²) in [7, 11) is -3.75. The third kappa shape index (κ3) is 4.03. The number of phenolic OH excluding ortho intramolecular Hbond substituents is 1. The van der Waals surface area contributed by atoms with Crippen LogP contribution in [0, 0.1) is 3.57 Å². The zero-order valence-corrected chi connectivity index (χ0v) is 15.3. The second kappa shape index (κ2) is 6.39. The second-order valence-corrected chi connectivity index (χ2v) is 7.74. The molecule has 0 amide bonds. The predicted octanol–water partition coefficient (Wildman–Crippen LogP) is 1.61. The normalized spacial score (nSPS) is 11.6. The fourth-order valence-corrected chi connectivity index (χ4v) is 3.10. The zero-order valence-electron chi connectivity index (χ0n) is 12.3. The van der Waals surface area contributed by atoms with Crippen molar-refractivity contribution in [2.75, 3.05) is 11.6 Å². The van der Waals surface area contributed by atoms with Gasteiger partial charge in [-0.1, -0.05) is 0 Å². The van der Waals surface area contributed by atoms with E-state index < -0.39 is 10.1 Å². The summed E-state index contributed by atoms with van der Waals surface area (Å²) in [6.45, 7) is 0.355. The van der Waals surface area contributed by atoms with Crippen molar-refractivity contribution in [1.29, 1.82) is 0 Å². The molecule has 0 radical (unpaired) electrons. The summed E-state index contributed by atoms with van der Waals surface area (Å²) in [5.41, 5.74) is 1.62. The first-order valence-electron chi connectivity index (χ1n) is 6.63. The van der Waals surface area contributed by atoms with Gasteiger partial charge in [-0.15, -0.1) is 0 Å². The van der Waals surface area contributed by atoms with E-state index >= 15 is 0 Å². The first-order valence-corrected chi connectivity index (χ1v) is 9.52. The molecule has 0 bridgehead atoms. The van der Waals surface area contributed by atoms with E-state index in [2.05, 4.69) is 47.8 Å². The van der Waals surface area contributed by atoms with Gasteiger partial charge in [-0.3, -0.25) is 0 Å². The van der Waals surface area contributed by atoms with Gasteiger partial charge in [0, 0.05) is 10.1 Å². The molecule has 126 valence electrons. The first-order chi connectivity index (χ1) is 11.3. The molecule has 9 nitrogen and oxygen atoms in total. The van der Waals surface area contributed by atoms with Crippen molar-refractivity contribution in [2.24, 2.45) is 0 Å².